The first-order valence-electron chi connectivity index (χ1n) is 4.47. The predicted molar refractivity (Wildman–Crippen MR) is 55.6 cm³/mol. The minimum absolute atomic E-state index is 0. The molecule has 0 unspecified atom stereocenters. The summed E-state index contributed by atoms with van der Waals surface area (Å²) in [4.78, 5) is 9.60. The van der Waals surface area contributed by atoms with Crippen LogP contribution in [-0.4, -0.2) is 42.7 Å². The van der Waals surface area contributed by atoms with Crippen molar-refractivity contribution in [1.29, 1.82) is 0 Å². The number of rotatable bonds is 3. The van der Waals surface area contributed by atoms with E-state index in [9.17, 15) is 4.79 Å². The molecule has 0 saturated heterocycles. The fraction of sp³-hybridized carbons (Fsp3) is 0.700. The van der Waals surface area contributed by atoms with E-state index in [-0.39, 0.29) is 18.0 Å². The molecular formula is C10H22ClNO2. The van der Waals surface area contributed by atoms with Gasteiger partial charge in [-0.25, -0.2) is 4.79 Å². The monoisotopic (exact) mass is 223 g/mol. The van der Waals surface area contributed by atoms with Gasteiger partial charge in [0.2, 0.25) is 0 Å². The van der Waals surface area contributed by atoms with Gasteiger partial charge >= 0.3 is 5.97 Å². The summed E-state index contributed by atoms with van der Waals surface area (Å²) < 4.78 is 1.14. The minimum Gasteiger partial charge on any atom is -1.00 e. The summed E-state index contributed by atoms with van der Waals surface area (Å²) in [5, 5.41) is 7.89. The molecule has 0 radical (unpaired) electrons. The van der Waals surface area contributed by atoms with E-state index in [0.29, 0.717) is 0 Å². The van der Waals surface area contributed by atoms with E-state index < -0.39 is 5.97 Å². The molecular weight excluding hydrogens is 202 g/mol. The Morgan fingerprint density at radius 2 is 1.50 bits per heavy atom. The summed E-state index contributed by atoms with van der Waals surface area (Å²) in [7, 11) is 4.47. The van der Waals surface area contributed by atoms with Crippen molar-refractivity contribution in [3.05, 3.63) is 12.2 Å². The summed E-state index contributed by atoms with van der Waals surface area (Å²) in [5.74, 6) is -0.935. The van der Waals surface area contributed by atoms with Gasteiger partial charge in [0, 0.05) is 5.57 Å². The Hall–Kier alpha value is -0.540. The second kappa shape index (κ2) is 9.03. The fourth-order valence-electron chi connectivity index (χ4n) is 0.224. The molecule has 0 heterocycles. The zero-order valence-electron chi connectivity index (χ0n) is 9.80. The van der Waals surface area contributed by atoms with E-state index in [4.69, 9.17) is 5.11 Å². The molecule has 0 spiro atoms. The zero-order chi connectivity index (χ0) is 11.1. The number of nitrogens with zero attached hydrogens (tertiary/aromatic N) is 1. The van der Waals surface area contributed by atoms with Crippen LogP contribution in [0.15, 0.2) is 12.2 Å². The van der Waals surface area contributed by atoms with Gasteiger partial charge in [-0.15, -0.1) is 0 Å². The molecule has 0 aromatic heterocycles. The average molecular weight is 224 g/mol. The quantitative estimate of drug-likeness (QED) is 0.480. The molecule has 0 bridgehead atoms. The second-order valence-corrected chi connectivity index (χ2v) is 3.65. The highest BCUT2D eigenvalue weighted by Gasteiger charge is 2.04. The van der Waals surface area contributed by atoms with Gasteiger partial charge in [-0.2, -0.15) is 0 Å². The summed E-state index contributed by atoms with van der Waals surface area (Å²) in [5.41, 5.74) is 0.176. The van der Waals surface area contributed by atoms with E-state index >= 15 is 0 Å². The van der Waals surface area contributed by atoms with Crippen molar-refractivity contribution in [2.45, 2.75) is 20.8 Å². The SMILES string of the molecule is C=C(C)C(=O)O.CC[N+](C)(C)CC.[Cl-]. The molecule has 0 saturated carbocycles. The third-order valence-electron chi connectivity index (χ3n) is 2.08. The number of carbonyl (C=O) groups is 1. The van der Waals surface area contributed by atoms with Crippen LogP contribution in [-0.2, 0) is 4.79 Å². The third kappa shape index (κ3) is 14.0. The lowest BCUT2D eigenvalue weighted by atomic mass is 10.4. The smallest absolute Gasteiger partial charge is 0.330 e. The fourth-order valence-corrected chi connectivity index (χ4v) is 0.224. The van der Waals surface area contributed by atoms with Crippen molar-refractivity contribution in [3.8, 4) is 0 Å². The van der Waals surface area contributed by atoms with E-state index in [1.807, 2.05) is 0 Å². The average Bonchev–Trinajstić information content (AvgIpc) is 2.05. The van der Waals surface area contributed by atoms with Crippen LogP contribution in [0.3, 0.4) is 0 Å². The molecule has 14 heavy (non-hydrogen) atoms. The first-order chi connectivity index (χ1) is 5.76. The van der Waals surface area contributed by atoms with E-state index in [1.54, 1.807) is 0 Å². The van der Waals surface area contributed by atoms with Crippen LogP contribution in [0.2, 0.25) is 0 Å². The molecule has 0 aliphatic heterocycles. The predicted octanol–water partition coefficient (Wildman–Crippen LogP) is -1.25. The maximum Gasteiger partial charge on any atom is 0.330 e. The van der Waals surface area contributed by atoms with Crippen molar-refractivity contribution in [3.63, 3.8) is 0 Å². The Morgan fingerprint density at radius 1 is 1.29 bits per heavy atom. The number of halogens is 1. The molecule has 86 valence electrons. The Morgan fingerprint density at radius 3 is 1.50 bits per heavy atom. The Labute approximate surface area is 93.4 Å². The number of quaternary nitrogens is 1. The maximum atomic E-state index is 9.60. The summed E-state index contributed by atoms with van der Waals surface area (Å²) in [6.07, 6.45) is 0. The van der Waals surface area contributed by atoms with Gasteiger partial charge in [-0.3, -0.25) is 0 Å². The third-order valence-corrected chi connectivity index (χ3v) is 2.08. The molecule has 0 rings (SSSR count). The van der Waals surface area contributed by atoms with E-state index in [1.165, 1.54) is 20.0 Å². The first kappa shape index (κ1) is 19.1. The van der Waals surface area contributed by atoms with Gasteiger partial charge in [0.1, 0.15) is 0 Å². The summed E-state index contributed by atoms with van der Waals surface area (Å²) in [6.45, 7) is 11.5. The molecule has 0 amide bonds. The lowest BCUT2D eigenvalue weighted by Gasteiger charge is -2.25. The zero-order valence-corrected chi connectivity index (χ0v) is 10.6. The van der Waals surface area contributed by atoms with Crippen molar-refractivity contribution in [2.75, 3.05) is 27.2 Å². The second-order valence-electron chi connectivity index (χ2n) is 3.65. The molecule has 3 nitrogen and oxygen atoms in total. The number of aliphatic carboxylic acids is 1. The molecule has 1 N–H and O–H groups in total. The number of carboxylic acid groups (broad SMARTS) is 1. The number of hydrogen-bond donors (Lipinski definition) is 1. The van der Waals surface area contributed by atoms with Crippen molar-refractivity contribution in [1.82, 2.24) is 0 Å². The van der Waals surface area contributed by atoms with Gasteiger partial charge in [-0.1, -0.05) is 6.58 Å². The molecule has 0 fully saturated rings. The van der Waals surface area contributed by atoms with Crippen LogP contribution in [0.1, 0.15) is 20.8 Å². The van der Waals surface area contributed by atoms with Gasteiger partial charge in [-0.05, 0) is 20.8 Å². The van der Waals surface area contributed by atoms with Crippen LogP contribution in [0, 0.1) is 0 Å². The standard InChI is InChI=1S/C6H16N.C4H6O2.ClH/c1-5-7(3,4)6-2;1-3(2)4(5)6;/h5-6H2,1-4H3;1H2,2H3,(H,5,6);1H/q+1;;/p-1. The Bertz CT molecular complexity index is 161. The first-order valence-corrected chi connectivity index (χ1v) is 4.47. The number of hydrogen-bond acceptors (Lipinski definition) is 1. The molecule has 0 aromatic carbocycles. The van der Waals surface area contributed by atoms with Crippen LogP contribution in [0.25, 0.3) is 0 Å². The molecule has 0 aromatic rings. The highest BCUT2D eigenvalue weighted by molar-refractivity contribution is 5.84. The molecule has 0 aliphatic rings. The maximum absolute atomic E-state index is 9.60. The highest BCUT2D eigenvalue weighted by atomic mass is 35.5. The Kier molecular flexibility index (Phi) is 12.3. The van der Waals surface area contributed by atoms with Gasteiger partial charge in [0.25, 0.3) is 0 Å². The van der Waals surface area contributed by atoms with Crippen molar-refractivity contribution >= 4 is 5.97 Å². The van der Waals surface area contributed by atoms with Crippen LogP contribution in [0.5, 0.6) is 0 Å². The van der Waals surface area contributed by atoms with E-state index in [0.717, 1.165) is 4.48 Å². The molecule has 0 aliphatic carbocycles. The lowest BCUT2D eigenvalue weighted by Crippen LogP contribution is -3.00. The molecule has 4 heteroatoms. The van der Waals surface area contributed by atoms with Crippen LogP contribution >= 0.6 is 0 Å². The summed E-state index contributed by atoms with van der Waals surface area (Å²) >= 11 is 0. The topological polar surface area (TPSA) is 37.3 Å². The Balaban J connectivity index is -0.000000163. The highest BCUT2D eigenvalue weighted by Crippen LogP contribution is 1.91. The summed E-state index contributed by atoms with van der Waals surface area (Å²) in [6, 6.07) is 0. The van der Waals surface area contributed by atoms with Crippen molar-refractivity contribution < 1.29 is 26.8 Å². The van der Waals surface area contributed by atoms with E-state index in [2.05, 4.69) is 34.5 Å². The normalized spacial score (nSPS) is 9.21. The van der Waals surface area contributed by atoms with Crippen LogP contribution < -0.4 is 12.4 Å². The minimum atomic E-state index is -0.935. The van der Waals surface area contributed by atoms with Crippen LogP contribution in [0.4, 0.5) is 0 Å². The lowest BCUT2D eigenvalue weighted by molar-refractivity contribution is -0.886. The van der Waals surface area contributed by atoms with Gasteiger partial charge < -0.3 is 22.0 Å². The van der Waals surface area contributed by atoms with Gasteiger partial charge in [0.15, 0.2) is 0 Å². The van der Waals surface area contributed by atoms with Crippen molar-refractivity contribution in [2.24, 2.45) is 0 Å². The molecule has 0 atom stereocenters. The largest absolute Gasteiger partial charge is 1.00 e. The number of carboxylic acids is 1. The van der Waals surface area contributed by atoms with Gasteiger partial charge in [0.05, 0.1) is 27.2 Å².